The summed E-state index contributed by atoms with van der Waals surface area (Å²) in [5.74, 6) is 1.34. The van der Waals surface area contributed by atoms with Crippen LogP contribution in [0.4, 0.5) is 5.69 Å². The lowest BCUT2D eigenvalue weighted by molar-refractivity contribution is 0.371. The zero-order valence-electron chi connectivity index (χ0n) is 12.2. The highest BCUT2D eigenvalue weighted by atomic mass is 79.9. The first-order valence-electron chi connectivity index (χ1n) is 6.49. The molecule has 0 bridgehead atoms. The van der Waals surface area contributed by atoms with E-state index < -0.39 is 0 Å². The van der Waals surface area contributed by atoms with Crippen LogP contribution in [0, 0.1) is 6.92 Å². The molecule has 0 fully saturated rings. The van der Waals surface area contributed by atoms with Gasteiger partial charge in [0.05, 0.1) is 24.4 Å². The van der Waals surface area contributed by atoms with Gasteiger partial charge in [-0.25, -0.2) is 0 Å². The molecular weight excluding hydrogens is 334 g/mol. The Morgan fingerprint density at radius 3 is 2.48 bits per heavy atom. The van der Waals surface area contributed by atoms with E-state index in [2.05, 4.69) is 21.2 Å². The molecule has 0 heterocycles. The molecule has 0 radical (unpaired) electrons. The van der Waals surface area contributed by atoms with E-state index in [1.807, 2.05) is 31.2 Å². The third-order valence-corrected chi connectivity index (χ3v) is 3.75. The Labute approximate surface area is 132 Å². The van der Waals surface area contributed by atoms with Crippen molar-refractivity contribution in [3.8, 4) is 17.2 Å². The maximum absolute atomic E-state index is 9.81. The molecule has 5 heteroatoms. The van der Waals surface area contributed by atoms with Crippen molar-refractivity contribution in [1.82, 2.24) is 0 Å². The van der Waals surface area contributed by atoms with Crippen molar-refractivity contribution in [2.45, 2.75) is 13.5 Å². The molecule has 0 aliphatic carbocycles. The number of aromatic hydroxyl groups is 1. The molecule has 0 aromatic heterocycles. The molecule has 0 aliphatic heterocycles. The minimum atomic E-state index is 0.106. The second-order valence-electron chi connectivity index (χ2n) is 4.69. The number of nitrogens with one attached hydrogen (secondary N) is 1. The predicted octanol–water partition coefficient (Wildman–Crippen LogP) is 4.09. The van der Waals surface area contributed by atoms with Crippen LogP contribution < -0.4 is 14.8 Å². The summed E-state index contributed by atoms with van der Waals surface area (Å²) >= 11 is 3.32. The number of benzene rings is 2. The van der Waals surface area contributed by atoms with Crippen LogP contribution in [-0.4, -0.2) is 19.3 Å². The van der Waals surface area contributed by atoms with Crippen LogP contribution in [0.1, 0.15) is 11.1 Å². The van der Waals surface area contributed by atoms with Crippen LogP contribution >= 0.6 is 15.9 Å². The van der Waals surface area contributed by atoms with E-state index in [1.54, 1.807) is 13.2 Å². The van der Waals surface area contributed by atoms with Gasteiger partial charge in [0.2, 0.25) is 0 Å². The van der Waals surface area contributed by atoms with Gasteiger partial charge in [-0.1, -0.05) is 6.07 Å². The monoisotopic (exact) mass is 351 g/mol. The van der Waals surface area contributed by atoms with Gasteiger partial charge in [0.1, 0.15) is 5.75 Å². The summed E-state index contributed by atoms with van der Waals surface area (Å²) in [6.07, 6.45) is 0. The Morgan fingerprint density at radius 2 is 1.81 bits per heavy atom. The first-order valence-corrected chi connectivity index (χ1v) is 7.28. The molecule has 0 aliphatic rings. The summed E-state index contributed by atoms with van der Waals surface area (Å²) in [6, 6.07) is 9.63. The smallest absolute Gasteiger partial charge is 0.172 e. The van der Waals surface area contributed by atoms with Crippen molar-refractivity contribution < 1.29 is 14.6 Å². The molecule has 2 aromatic rings. The van der Waals surface area contributed by atoms with Gasteiger partial charge in [0.25, 0.3) is 0 Å². The second kappa shape index (κ2) is 6.72. The molecule has 0 atom stereocenters. The number of phenols is 1. The topological polar surface area (TPSA) is 50.7 Å². The highest BCUT2D eigenvalue weighted by Crippen LogP contribution is 2.35. The normalized spacial score (nSPS) is 10.3. The molecule has 4 nitrogen and oxygen atoms in total. The zero-order valence-corrected chi connectivity index (χ0v) is 13.8. The van der Waals surface area contributed by atoms with Crippen molar-refractivity contribution >= 4 is 21.6 Å². The molecule has 0 spiro atoms. The van der Waals surface area contributed by atoms with Gasteiger partial charge in [-0.05, 0) is 58.2 Å². The van der Waals surface area contributed by atoms with E-state index in [4.69, 9.17) is 9.47 Å². The first kappa shape index (κ1) is 15.5. The largest absolute Gasteiger partial charge is 0.503 e. The van der Waals surface area contributed by atoms with Gasteiger partial charge in [-0.2, -0.15) is 0 Å². The molecule has 112 valence electrons. The standard InChI is InChI=1S/C16H18BrNO3/c1-10-4-5-14(20-2)13(6-10)18-9-11-7-12(17)16(19)15(8-11)21-3/h4-8,18-19H,9H2,1-3H3. The van der Waals surface area contributed by atoms with E-state index in [0.717, 1.165) is 22.6 Å². The molecule has 21 heavy (non-hydrogen) atoms. The third kappa shape index (κ3) is 3.61. The molecule has 2 rings (SSSR count). The maximum atomic E-state index is 9.81. The van der Waals surface area contributed by atoms with Crippen LogP contribution in [0.2, 0.25) is 0 Å². The summed E-state index contributed by atoms with van der Waals surface area (Å²) in [7, 11) is 3.18. The molecule has 0 saturated carbocycles. The van der Waals surface area contributed by atoms with E-state index in [9.17, 15) is 5.11 Å². The summed E-state index contributed by atoms with van der Waals surface area (Å²) < 4.78 is 11.1. The Kier molecular flexibility index (Phi) is 4.96. The van der Waals surface area contributed by atoms with Crippen LogP contribution in [0.25, 0.3) is 0 Å². The quantitative estimate of drug-likeness (QED) is 0.851. The fourth-order valence-corrected chi connectivity index (χ4v) is 2.53. The average molecular weight is 352 g/mol. The van der Waals surface area contributed by atoms with Crippen LogP contribution in [0.3, 0.4) is 0 Å². The number of hydrogen-bond donors (Lipinski definition) is 2. The Hall–Kier alpha value is -1.88. The van der Waals surface area contributed by atoms with Gasteiger partial charge < -0.3 is 19.9 Å². The SMILES string of the molecule is COc1ccc(C)cc1NCc1cc(Br)c(O)c(OC)c1. The minimum absolute atomic E-state index is 0.106. The number of hydrogen-bond acceptors (Lipinski definition) is 4. The van der Waals surface area contributed by atoms with Gasteiger partial charge >= 0.3 is 0 Å². The lowest BCUT2D eigenvalue weighted by Gasteiger charge is -2.13. The van der Waals surface area contributed by atoms with Crippen LogP contribution in [0.15, 0.2) is 34.8 Å². The number of methoxy groups -OCH3 is 2. The van der Waals surface area contributed by atoms with E-state index >= 15 is 0 Å². The maximum Gasteiger partial charge on any atom is 0.172 e. The summed E-state index contributed by atoms with van der Waals surface area (Å²) in [5, 5.41) is 13.1. The van der Waals surface area contributed by atoms with Crippen molar-refractivity contribution in [3.63, 3.8) is 0 Å². The van der Waals surface area contributed by atoms with Crippen molar-refractivity contribution in [1.29, 1.82) is 0 Å². The third-order valence-electron chi connectivity index (χ3n) is 3.15. The summed E-state index contributed by atoms with van der Waals surface area (Å²) in [6.45, 7) is 2.62. The van der Waals surface area contributed by atoms with Gasteiger partial charge in [0, 0.05) is 6.54 Å². The van der Waals surface area contributed by atoms with E-state index in [1.165, 1.54) is 7.11 Å². The Bertz CT molecular complexity index is 644. The number of rotatable bonds is 5. The van der Waals surface area contributed by atoms with E-state index in [0.29, 0.717) is 16.8 Å². The predicted molar refractivity (Wildman–Crippen MR) is 87.4 cm³/mol. The number of aryl methyl sites for hydroxylation is 1. The molecule has 2 N–H and O–H groups in total. The Balaban J connectivity index is 2.20. The van der Waals surface area contributed by atoms with Crippen molar-refractivity contribution in [3.05, 3.63) is 45.9 Å². The molecule has 0 unspecified atom stereocenters. The molecule has 0 amide bonds. The van der Waals surface area contributed by atoms with Gasteiger partial charge in [-0.15, -0.1) is 0 Å². The fraction of sp³-hybridized carbons (Fsp3) is 0.250. The first-order chi connectivity index (χ1) is 10.0. The van der Waals surface area contributed by atoms with Crippen molar-refractivity contribution in [2.75, 3.05) is 19.5 Å². The van der Waals surface area contributed by atoms with Crippen molar-refractivity contribution in [2.24, 2.45) is 0 Å². The summed E-state index contributed by atoms with van der Waals surface area (Å²) in [4.78, 5) is 0. The highest BCUT2D eigenvalue weighted by molar-refractivity contribution is 9.10. The minimum Gasteiger partial charge on any atom is -0.503 e. The second-order valence-corrected chi connectivity index (χ2v) is 5.54. The van der Waals surface area contributed by atoms with Crippen LogP contribution in [0.5, 0.6) is 17.2 Å². The molecule has 0 saturated heterocycles. The number of phenolic OH excluding ortho intramolecular Hbond substituents is 1. The fourth-order valence-electron chi connectivity index (χ4n) is 2.04. The number of anilines is 1. The van der Waals surface area contributed by atoms with Gasteiger partial charge in [0.15, 0.2) is 11.5 Å². The lowest BCUT2D eigenvalue weighted by atomic mass is 10.1. The zero-order chi connectivity index (χ0) is 15.4. The number of ether oxygens (including phenoxy) is 2. The number of halogens is 1. The van der Waals surface area contributed by atoms with Gasteiger partial charge in [-0.3, -0.25) is 0 Å². The van der Waals surface area contributed by atoms with Crippen LogP contribution in [-0.2, 0) is 6.54 Å². The average Bonchev–Trinajstić information content (AvgIpc) is 2.48. The highest BCUT2D eigenvalue weighted by Gasteiger charge is 2.09. The molecule has 2 aromatic carbocycles. The molecular formula is C16H18BrNO3. The van der Waals surface area contributed by atoms with E-state index in [-0.39, 0.29) is 5.75 Å². The lowest BCUT2D eigenvalue weighted by Crippen LogP contribution is -2.02. The summed E-state index contributed by atoms with van der Waals surface area (Å²) in [5.41, 5.74) is 3.07. The Morgan fingerprint density at radius 1 is 1.10 bits per heavy atom.